The summed E-state index contributed by atoms with van der Waals surface area (Å²) in [5.41, 5.74) is 0.735. The molecule has 1 rings (SSSR count). The van der Waals surface area contributed by atoms with E-state index in [2.05, 4.69) is 15.9 Å². The molecule has 0 amide bonds. The molecule has 0 unspecified atom stereocenters. The molecule has 0 aliphatic heterocycles. The Labute approximate surface area is 109 Å². The van der Waals surface area contributed by atoms with Crippen molar-refractivity contribution in [2.24, 2.45) is 0 Å². The smallest absolute Gasteiger partial charge is 0.174 e. The van der Waals surface area contributed by atoms with Gasteiger partial charge in [0.1, 0.15) is 5.76 Å². The molecule has 0 heterocycles. The summed E-state index contributed by atoms with van der Waals surface area (Å²) in [6.07, 6.45) is 1.33. The summed E-state index contributed by atoms with van der Waals surface area (Å²) in [6.45, 7) is 0. The maximum absolute atomic E-state index is 8.65. The molecule has 1 aromatic rings. The number of hydrogen-bond donors (Lipinski definition) is 0. The molecule has 0 bridgehead atoms. The van der Waals surface area contributed by atoms with Gasteiger partial charge in [0, 0.05) is 5.56 Å². The molecule has 0 N–H and O–H groups in total. The molecule has 1 aromatic carbocycles. The molecule has 0 saturated heterocycles. The lowest BCUT2D eigenvalue weighted by Gasteiger charge is -2.12. The number of benzene rings is 1. The first-order valence-corrected chi connectivity index (χ1v) is 5.52. The average molecular weight is 298 g/mol. The van der Waals surface area contributed by atoms with Crippen LogP contribution in [0.1, 0.15) is 5.56 Å². The molecule has 5 heteroatoms. The summed E-state index contributed by atoms with van der Waals surface area (Å²) >= 11 is 3.38. The highest BCUT2D eigenvalue weighted by molar-refractivity contribution is 9.10. The van der Waals surface area contributed by atoms with Crippen LogP contribution in [0.3, 0.4) is 0 Å². The zero-order valence-electron chi connectivity index (χ0n) is 9.78. The Morgan fingerprint density at radius 3 is 2.47 bits per heavy atom. The standard InChI is InChI=1S/C12H12BrNO3/c1-15-10(4-5-14)8-6-9(13)12(17-3)11(7-8)16-2/h4,6-7H,1-3H3. The normalized spacial score (nSPS) is 10.6. The van der Waals surface area contributed by atoms with E-state index in [4.69, 9.17) is 19.5 Å². The zero-order chi connectivity index (χ0) is 12.8. The molecule has 17 heavy (non-hydrogen) atoms. The van der Waals surface area contributed by atoms with Gasteiger partial charge in [-0.25, -0.2) is 0 Å². The number of nitriles is 1. The fraction of sp³-hybridized carbons (Fsp3) is 0.250. The minimum absolute atomic E-state index is 0.467. The van der Waals surface area contributed by atoms with Gasteiger partial charge in [-0.1, -0.05) is 0 Å². The van der Waals surface area contributed by atoms with Crippen LogP contribution < -0.4 is 9.47 Å². The van der Waals surface area contributed by atoms with Crippen LogP contribution in [-0.2, 0) is 4.74 Å². The van der Waals surface area contributed by atoms with Crippen molar-refractivity contribution in [2.75, 3.05) is 21.3 Å². The topological polar surface area (TPSA) is 51.5 Å². The van der Waals surface area contributed by atoms with E-state index in [1.807, 2.05) is 6.07 Å². The first-order valence-electron chi connectivity index (χ1n) is 4.73. The number of hydrogen-bond acceptors (Lipinski definition) is 4. The van der Waals surface area contributed by atoms with E-state index < -0.39 is 0 Å². The van der Waals surface area contributed by atoms with Crippen molar-refractivity contribution >= 4 is 21.7 Å². The fourth-order valence-corrected chi connectivity index (χ4v) is 1.98. The number of rotatable bonds is 4. The van der Waals surface area contributed by atoms with Gasteiger partial charge < -0.3 is 14.2 Å². The second kappa shape index (κ2) is 6.16. The maximum atomic E-state index is 8.65. The second-order valence-corrected chi connectivity index (χ2v) is 3.89. The van der Waals surface area contributed by atoms with E-state index in [9.17, 15) is 0 Å². The van der Waals surface area contributed by atoms with E-state index in [1.54, 1.807) is 26.4 Å². The van der Waals surface area contributed by atoms with E-state index in [0.29, 0.717) is 17.3 Å². The summed E-state index contributed by atoms with van der Waals surface area (Å²) in [6, 6.07) is 5.47. The number of nitrogens with zero attached hydrogens (tertiary/aromatic N) is 1. The summed E-state index contributed by atoms with van der Waals surface area (Å²) in [4.78, 5) is 0. The third-order valence-electron chi connectivity index (χ3n) is 2.13. The van der Waals surface area contributed by atoms with Crippen LogP contribution in [0.25, 0.3) is 5.76 Å². The Bertz CT molecular complexity index is 477. The molecule has 0 saturated carbocycles. The van der Waals surface area contributed by atoms with Gasteiger partial charge in [0.25, 0.3) is 0 Å². The number of halogens is 1. The number of methoxy groups -OCH3 is 3. The third kappa shape index (κ3) is 2.92. The van der Waals surface area contributed by atoms with Crippen molar-refractivity contribution in [3.63, 3.8) is 0 Å². The Hall–Kier alpha value is -1.67. The predicted octanol–water partition coefficient (Wildman–Crippen LogP) is 2.98. The van der Waals surface area contributed by atoms with E-state index in [0.717, 1.165) is 10.0 Å². The van der Waals surface area contributed by atoms with E-state index in [1.165, 1.54) is 13.2 Å². The van der Waals surface area contributed by atoms with E-state index in [-0.39, 0.29) is 0 Å². The van der Waals surface area contributed by atoms with Crippen LogP contribution in [0.5, 0.6) is 11.5 Å². The highest BCUT2D eigenvalue weighted by atomic mass is 79.9. The minimum atomic E-state index is 0.467. The Balaban J connectivity index is 3.34. The lowest BCUT2D eigenvalue weighted by molar-refractivity contribution is 0.350. The van der Waals surface area contributed by atoms with Crippen LogP contribution in [0.2, 0.25) is 0 Å². The molecule has 0 aromatic heterocycles. The van der Waals surface area contributed by atoms with E-state index >= 15 is 0 Å². The highest BCUT2D eigenvalue weighted by Crippen LogP contribution is 2.38. The fourth-order valence-electron chi connectivity index (χ4n) is 1.38. The van der Waals surface area contributed by atoms with Gasteiger partial charge in [-0.15, -0.1) is 0 Å². The van der Waals surface area contributed by atoms with Crippen LogP contribution in [-0.4, -0.2) is 21.3 Å². The van der Waals surface area contributed by atoms with Gasteiger partial charge in [-0.05, 0) is 28.1 Å². The average Bonchev–Trinajstić information content (AvgIpc) is 2.34. The summed E-state index contributed by atoms with van der Waals surface area (Å²) in [5.74, 6) is 1.63. The highest BCUT2D eigenvalue weighted by Gasteiger charge is 2.13. The largest absolute Gasteiger partial charge is 0.495 e. The number of ether oxygens (including phenoxy) is 3. The molecular formula is C12H12BrNO3. The molecule has 4 nitrogen and oxygen atoms in total. The maximum Gasteiger partial charge on any atom is 0.174 e. The molecule has 0 radical (unpaired) electrons. The first kappa shape index (κ1) is 13.4. The van der Waals surface area contributed by atoms with Gasteiger partial charge in [0.05, 0.1) is 37.9 Å². The van der Waals surface area contributed by atoms with Crippen molar-refractivity contribution in [1.82, 2.24) is 0 Å². The van der Waals surface area contributed by atoms with Crippen LogP contribution in [0, 0.1) is 11.3 Å². The summed E-state index contributed by atoms with van der Waals surface area (Å²) < 4.78 is 16.3. The lowest BCUT2D eigenvalue weighted by atomic mass is 10.1. The van der Waals surface area contributed by atoms with Crippen molar-refractivity contribution in [1.29, 1.82) is 5.26 Å². The Kier molecular flexibility index (Phi) is 4.85. The quantitative estimate of drug-likeness (QED) is 0.633. The Morgan fingerprint density at radius 2 is 2.00 bits per heavy atom. The van der Waals surface area contributed by atoms with Gasteiger partial charge in [-0.3, -0.25) is 0 Å². The monoisotopic (exact) mass is 297 g/mol. The van der Waals surface area contributed by atoms with Gasteiger partial charge in [0.2, 0.25) is 0 Å². The zero-order valence-corrected chi connectivity index (χ0v) is 11.4. The molecule has 0 spiro atoms. The molecule has 90 valence electrons. The Morgan fingerprint density at radius 1 is 1.29 bits per heavy atom. The van der Waals surface area contributed by atoms with Crippen molar-refractivity contribution in [2.45, 2.75) is 0 Å². The number of allylic oxidation sites excluding steroid dienone is 1. The molecule has 0 aliphatic rings. The molecular weight excluding hydrogens is 286 g/mol. The third-order valence-corrected chi connectivity index (χ3v) is 2.72. The minimum Gasteiger partial charge on any atom is -0.495 e. The van der Waals surface area contributed by atoms with Crippen LogP contribution in [0.15, 0.2) is 22.7 Å². The SMILES string of the molecule is COC(=CC#N)c1cc(Br)c(OC)c(OC)c1. The van der Waals surface area contributed by atoms with Crippen molar-refractivity contribution in [3.8, 4) is 17.6 Å². The summed E-state index contributed by atoms with van der Waals surface area (Å²) in [5, 5.41) is 8.65. The second-order valence-electron chi connectivity index (χ2n) is 3.04. The molecule has 0 aliphatic carbocycles. The summed E-state index contributed by atoms with van der Waals surface area (Å²) in [7, 11) is 4.62. The van der Waals surface area contributed by atoms with Gasteiger partial charge >= 0.3 is 0 Å². The first-order chi connectivity index (χ1) is 8.17. The predicted molar refractivity (Wildman–Crippen MR) is 67.8 cm³/mol. The van der Waals surface area contributed by atoms with Gasteiger partial charge in [0.15, 0.2) is 11.5 Å². The van der Waals surface area contributed by atoms with Gasteiger partial charge in [-0.2, -0.15) is 5.26 Å². The van der Waals surface area contributed by atoms with Crippen LogP contribution in [0.4, 0.5) is 0 Å². The lowest BCUT2D eigenvalue weighted by Crippen LogP contribution is -1.95. The van der Waals surface area contributed by atoms with Crippen molar-refractivity contribution in [3.05, 3.63) is 28.2 Å². The molecule has 0 atom stereocenters. The van der Waals surface area contributed by atoms with Crippen molar-refractivity contribution < 1.29 is 14.2 Å². The molecule has 0 fully saturated rings. The van der Waals surface area contributed by atoms with Crippen LogP contribution >= 0.6 is 15.9 Å².